The molecule has 2 heterocycles. The lowest BCUT2D eigenvalue weighted by molar-refractivity contribution is -0.121. The highest BCUT2D eigenvalue weighted by Crippen LogP contribution is 2.33. The number of amides is 1. The van der Waals surface area contributed by atoms with Gasteiger partial charge in [-0.25, -0.2) is 0 Å². The van der Waals surface area contributed by atoms with Crippen molar-refractivity contribution >= 4 is 28.9 Å². The summed E-state index contributed by atoms with van der Waals surface area (Å²) in [6.45, 7) is 8.44. The van der Waals surface area contributed by atoms with Crippen molar-refractivity contribution in [2.75, 3.05) is 14.1 Å². The molecule has 3 rings (SSSR count). The molecule has 4 nitrogen and oxygen atoms in total. The second-order valence-electron chi connectivity index (χ2n) is 6.43. The van der Waals surface area contributed by atoms with Gasteiger partial charge in [0.05, 0.1) is 4.91 Å². The summed E-state index contributed by atoms with van der Waals surface area (Å²) in [6, 6.07) is 8.62. The van der Waals surface area contributed by atoms with Crippen molar-refractivity contribution < 1.29 is 4.79 Å². The maximum atomic E-state index is 12.4. The Kier molecular flexibility index (Phi) is 4.60. The van der Waals surface area contributed by atoms with Crippen molar-refractivity contribution in [1.29, 1.82) is 0 Å². The second-order valence-corrected chi connectivity index (χ2v) is 7.44. The molecule has 0 bridgehead atoms. The first-order valence-corrected chi connectivity index (χ1v) is 9.06. The van der Waals surface area contributed by atoms with Crippen LogP contribution < -0.4 is 0 Å². The van der Waals surface area contributed by atoms with Crippen LogP contribution in [0.1, 0.15) is 28.1 Å². The zero-order valence-corrected chi connectivity index (χ0v) is 16.4. The van der Waals surface area contributed by atoms with Crippen LogP contribution in [0.2, 0.25) is 0 Å². The van der Waals surface area contributed by atoms with Gasteiger partial charge < -0.3 is 4.57 Å². The van der Waals surface area contributed by atoms with Gasteiger partial charge in [-0.1, -0.05) is 12.1 Å². The summed E-state index contributed by atoms with van der Waals surface area (Å²) < 4.78 is 2.26. The molecule has 0 spiro atoms. The minimum Gasteiger partial charge on any atom is -0.318 e. The van der Waals surface area contributed by atoms with Crippen molar-refractivity contribution in [1.82, 2.24) is 9.47 Å². The fraction of sp³-hybridized carbons (Fsp3) is 0.300. The molecule has 1 amide bonds. The zero-order chi connectivity index (χ0) is 18.3. The third-order valence-corrected chi connectivity index (χ3v) is 5.71. The predicted molar refractivity (Wildman–Crippen MR) is 106 cm³/mol. The summed E-state index contributed by atoms with van der Waals surface area (Å²) in [4.78, 5) is 18.9. The molecule has 1 aliphatic heterocycles. The van der Waals surface area contributed by atoms with Crippen LogP contribution in [0.3, 0.4) is 0 Å². The molecule has 130 valence electrons. The van der Waals surface area contributed by atoms with E-state index in [1.54, 1.807) is 19.0 Å². The summed E-state index contributed by atoms with van der Waals surface area (Å²) in [5.41, 5.74) is 7.03. The van der Waals surface area contributed by atoms with Gasteiger partial charge in [-0.2, -0.15) is 0 Å². The first-order chi connectivity index (χ1) is 11.8. The summed E-state index contributed by atoms with van der Waals surface area (Å²) >= 11 is 1.43. The lowest BCUT2D eigenvalue weighted by Crippen LogP contribution is -2.23. The molecule has 0 unspecified atom stereocenters. The molecule has 0 atom stereocenters. The predicted octanol–water partition coefficient (Wildman–Crippen LogP) is 4.24. The van der Waals surface area contributed by atoms with Crippen LogP contribution in [-0.2, 0) is 4.79 Å². The Hall–Kier alpha value is -2.27. The maximum absolute atomic E-state index is 12.4. The summed E-state index contributed by atoms with van der Waals surface area (Å²) in [5, 5.41) is 0.736. The number of hydrogen-bond acceptors (Lipinski definition) is 3. The van der Waals surface area contributed by atoms with Gasteiger partial charge >= 0.3 is 0 Å². The van der Waals surface area contributed by atoms with E-state index >= 15 is 0 Å². The molecule has 25 heavy (non-hydrogen) atoms. The zero-order valence-electron chi connectivity index (χ0n) is 15.5. The highest BCUT2D eigenvalue weighted by atomic mass is 32.2. The molecule has 1 aromatic heterocycles. The van der Waals surface area contributed by atoms with Gasteiger partial charge in [0.15, 0.2) is 5.17 Å². The molecular formula is C20H23N3OS. The van der Waals surface area contributed by atoms with Gasteiger partial charge in [-0.15, -0.1) is 0 Å². The van der Waals surface area contributed by atoms with E-state index in [1.165, 1.54) is 28.6 Å². The molecule has 1 aromatic carbocycles. The number of carbonyl (C=O) groups is 1. The number of aromatic nitrogens is 1. The molecule has 0 aliphatic carbocycles. The standard InChI is InChI=1S/C20H23N3OS/c1-12-7-8-13(2)17(9-12)23-14(3)10-16(15(23)4)11-18-19(24)22(6)20(21-5)25-18/h7-11H,1-6H3/b18-11-,21-20?. The summed E-state index contributed by atoms with van der Waals surface area (Å²) in [5.74, 6) is 0.00198. The van der Waals surface area contributed by atoms with Gasteiger partial charge in [0.1, 0.15) is 0 Å². The molecular weight excluding hydrogens is 330 g/mol. The van der Waals surface area contributed by atoms with Crippen molar-refractivity contribution in [2.45, 2.75) is 27.7 Å². The first kappa shape index (κ1) is 17.5. The average Bonchev–Trinajstić information content (AvgIpc) is 3.00. The third-order valence-electron chi connectivity index (χ3n) is 4.56. The number of benzene rings is 1. The number of rotatable bonds is 2. The number of aliphatic imine (C=N–C) groups is 1. The normalized spacial score (nSPS) is 18.0. The van der Waals surface area contributed by atoms with Gasteiger partial charge in [-0.05, 0) is 74.4 Å². The summed E-state index contributed by atoms with van der Waals surface area (Å²) in [7, 11) is 3.47. The van der Waals surface area contributed by atoms with Crippen LogP contribution in [-0.4, -0.2) is 34.6 Å². The Morgan fingerprint density at radius 1 is 1.12 bits per heavy atom. The minimum absolute atomic E-state index is 0.00198. The lowest BCUT2D eigenvalue weighted by Gasteiger charge is -2.13. The van der Waals surface area contributed by atoms with E-state index < -0.39 is 0 Å². The minimum atomic E-state index is 0.00198. The summed E-state index contributed by atoms with van der Waals surface area (Å²) in [6.07, 6.45) is 1.98. The molecule has 2 aromatic rings. The number of hydrogen-bond donors (Lipinski definition) is 0. The van der Waals surface area contributed by atoms with Crippen LogP contribution in [0.25, 0.3) is 11.8 Å². The monoisotopic (exact) mass is 353 g/mol. The Morgan fingerprint density at radius 3 is 2.48 bits per heavy atom. The van der Waals surface area contributed by atoms with E-state index in [9.17, 15) is 4.79 Å². The van der Waals surface area contributed by atoms with Crippen LogP contribution in [0.5, 0.6) is 0 Å². The van der Waals surface area contributed by atoms with Gasteiger partial charge in [0.25, 0.3) is 5.91 Å². The molecule has 1 fully saturated rings. The van der Waals surface area contributed by atoms with Crippen molar-refractivity contribution in [3.63, 3.8) is 0 Å². The number of nitrogens with zero attached hydrogens (tertiary/aromatic N) is 3. The van der Waals surface area contributed by atoms with E-state index in [0.29, 0.717) is 4.91 Å². The van der Waals surface area contributed by atoms with E-state index in [1.807, 2.05) is 6.08 Å². The Morgan fingerprint density at radius 2 is 1.84 bits per heavy atom. The van der Waals surface area contributed by atoms with Gasteiger partial charge in [0.2, 0.25) is 0 Å². The van der Waals surface area contributed by atoms with E-state index in [-0.39, 0.29) is 5.91 Å². The largest absolute Gasteiger partial charge is 0.318 e. The van der Waals surface area contributed by atoms with Crippen molar-refractivity contribution in [3.8, 4) is 5.69 Å². The number of likely N-dealkylation sites (N-methyl/N-ethyl adjacent to an activating group) is 1. The first-order valence-electron chi connectivity index (χ1n) is 8.24. The van der Waals surface area contributed by atoms with Crippen molar-refractivity contribution in [2.24, 2.45) is 4.99 Å². The smallest absolute Gasteiger partial charge is 0.266 e. The SMILES string of the molecule is CN=C1S/C(=C\c2cc(C)n(-c3cc(C)ccc3C)c2C)C(=O)N1C. The van der Waals surface area contributed by atoms with Gasteiger partial charge in [-0.3, -0.25) is 14.7 Å². The third kappa shape index (κ3) is 3.04. The highest BCUT2D eigenvalue weighted by molar-refractivity contribution is 8.18. The maximum Gasteiger partial charge on any atom is 0.266 e. The average molecular weight is 353 g/mol. The Balaban J connectivity index is 2.08. The molecule has 5 heteroatoms. The highest BCUT2D eigenvalue weighted by Gasteiger charge is 2.30. The molecule has 0 saturated carbocycles. The van der Waals surface area contributed by atoms with Crippen LogP contribution in [0.15, 0.2) is 34.2 Å². The second kappa shape index (κ2) is 6.56. The van der Waals surface area contributed by atoms with Crippen LogP contribution in [0.4, 0.5) is 0 Å². The fourth-order valence-electron chi connectivity index (χ4n) is 3.16. The molecule has 1 saturated heterocycles. The number of amidine groups is 1. The van der Waals surface area contributed by atoms with Gasteiger partial charge in [0, 0.05) is 31.2 Å². The van der Waals surface area contributed by atoms with Crippen LogP contribution in [0, 0.1) is 27.7 Å². The lowest BCUT2D eigenvalue weighted by atomic mass is 10.1. The molecule has 0 radical (unpaired) electrons. The Bertz CT molecular complexity index is 921. The number of thioether (sulfide) groups is 1. The van der Waals surface area contributed by atoms with Crippen LogP contribution >= 0.6 is 11.8 Å². The molecule has 1 aliphatic rings. The van der Waals surface area contributed by atoms with Crippen molar-refractivity contribution in [3.05, 3.63) is 57.2 Å². The molecule has 0 N–H and O–H groups in total. The van der Waals surface area contributed by atoms with E-state index in [4.69, 9.17) is 0 Å². The number of carbonyl (C=O) groups excluding carboxylic acids is 1. The fourth-order valence-corrected chi connectivity index (χ4v) is 4.07. The topological polar surface area (TPSA) is 37.6 Å². The Labute approximate surface area is 153 Å². The van der Waals surface area contributed by atoms with E-state index in [2.05, 4.69) is 61.5 Å². The van der Waals surface area contributed by atoms with E-state index in [0.717, 1.165) is 22.1 Å². The number of aryl methyl sites for hydroxylation is 3. The quantitative estimate of drug-likeness (QED) is 0.757.